The van der Waals surface area contributed by atoms with E-state index in [9.17, 15) is 9.18 Å². The molecule has 0 N–H and O–H groups in total. The van der Waals surface area contributed by atoms with Gasteiger partial charge in [-0.25, -0.2) is 4.39 Å². The summed E-state index contributed by atoms with van der Waals surface area (Å²) < 4.78 is 19.0. The van der Waals surface area contributed by atoms with Crippen LogP contribution in [0.3, 0.4) is 0 Å². The van der Waals surface area contributed by atoms with Crippen molar-refractivity contribution in [2.24, 2.45) is 0 Å². The van der Waals surface area contributed by atoms with Gasteiger partial charge in [0.25, 0.3) is 5.24 Å². The van der Waals surface area contributed by atoms with Crippen molar-refractivity contribution in [3.05, 3.63) is 63.9 Å². The summed E-state index contributed by atoms with van der Waals surface area (Å²) in [6, 6.07) is 11.0. The van der Waals surface area contributed by atoms with Crippen LogP contribution in [0.1, 0.15) is 15.9 Å². The summed E-state index contributed by atoms with van der Waals surface area (Å²) in [6.45, 7) is 0.235. The van der Waals surface area contributed by atoms with Crippen LogP contribution in [0.25, 0.3) is 0 Å². The minimum absolute atomic E-state index is 0.235. The molecule has 0 atom stereocenters. The van der Waals surface area contributed by atoms with E-state index in [1.54, 1.807) is 30.3 Å². The Morgan fingerprint density at radius 3 is 2.53 bits per heavy atom. The maximum Gasteiger partial charge on any atom is 0.256 e. The van der Waals surface area contributed by atoms with E-state index in [2.05, 4.69) is 15.9 Å². The van der Waals surface area contributed by atoms with Crippen molar-refractivity contribution >= 4 is 32.8 Å². The van der Waals surface area contributed by atoms with Crippen LogP contribution in [0.15, 0.2) is 46.9 Å². The highest BCUT2D eigenvalue weighted by Crippen LogP contribution is 2.25. The summed E-state index contributed by atoms with van der Waals surface area (Å²) >= 11 is 8.75. The van der Waals surface area contributed by atoms with Gasteiger partial charge in [-0.3, -0.25) is 4.79 Å². The molecule has 0 bridgehead atoms. The molecule has 0 aliphatic heterocycles. The second-order valence-corrected chi connectivity index (χ2v) is 5.09. The fourth-order valence-electron chi connectivity index (χ4n) is 1.52. The van der Waals surface area contributed by atoms with Crippen LogP contribution in [0.5, 0.6) is 5.75 Å². The molecular formula is C14H9BrClFO2. The molecule has 0 spiro atoms. The van der Waals surface area contributed by atoms with Gasteiger partial charge in [-0.15, -0.1) is 0 Å². The van der Waals surface area contributed by atoms with Gasteiger partial charge in [0.15, 0.2) is 0 Å². The van der Waals surface area contributed by atoms with E-state index in [0.717, 1.165) is 10.0 Å². The summed E-state index contributed by atoms with van der Waals surface area (Å²) in [6.07, 6.45) is 0. The van der Waals surface area contributed by atoms with Crippen molar-refractivity contribution in [3.8, 4) is 5.75 Å². The van der Waals surface area contributed by atoms with Crippen LogP contribution in [0, 0.1) is 5.82 Å². The first-order chi connectivity index (χ1) is 9.06. The van der Waals surface area contributed by atoms with Crippen molar-refractivity contribution in [1.29, 1.82) is 0 Å². The molecule has 0 saturated heterocycles. The number of hydrogen-bond acceptors (Lipinski definition) is 2. The second-order valence-electron chi connectivity index (χ2n) is 3.83. The van der Waals surface area contributed by atoms with Crippen LogP contribution in [0.2, 0.25) is 0 Å². The van der Waals surface area contributed by atoms with Gasteiger partial charge in [-0.2, -0.15) is 0 Å². The quantitative estimate of drug-likeness (QED) is 0.762. The maximum atomic E-state index is 12.8. The van der Waals surface area contributed by atoms with Crippen LogP contribution in [-0.4, -0.2) is 5.24 Å². The van der Waals surface area contributed by atoms with Gasteiger partial charge in [0, 0.05) is 4.47 Å². The van der Waals surface area contributed by atoms with E-state index in [0.29, 0.717) is 5.75 Å². The predicted octanol–water partition coefficient (Wildman–Crippen LogP) is 4.55. The summed E-state index contributed by atoms with van der Waals surface area (Å²) in [7, 11) is 0. The minimum atomic E-state index is -0.588. The molecule has 0 aliphatic rings. The first-order valence-electron chi connectivity index (χ1n) is 5.43. The Bertz CT molecular complexity index is 599. The molecule has 0 fully saturated rings. The number of ether oxygens (including phenoxy) is 1. The molecule has 5 heteroatoms. The number of carbonyl (C=O) groups is 1. The van der Waals surface area contributed by atoms with Gasteiger partial charge >= 0.3 is 0 Å². The van der Waals surface area contributed by atoms with Crippen molar-refractivity contribution in [2.75, 3.05) is 0 Å². The monoisotopic (exact) mass is 342 g/mol. The van der Waals surface area contributed by atoms with E-state index in [4.69, 9.17) is 16.3 Å². The standard InChI is InChI=1S/C14H9BrClFO2/c15-10-3-6-13(12(7-10)14(16)18)19-8-9-1-4-11(17)5-2-9/h1-7H,8H2. The molecule has 2 aromatic rings. The molecule has 0 aromatic heterocycles. The van der Waals surface area contributed by atoms with E-state index in [-0.39, 0.29) is 18.0 Å². The summed E-state index contributed by atoms with van der Waals surface area (Å²) in [5.74, 6) is 0.0940. The van der Waals surface area contributed by atoms with Crippen molar-refractivity contribution in [1.82, 2.24) is 0 Å². The molecule has 0 unspecified atom stereocenters. The fourth-order valence-corrected chi connectivity index (χ4v) is 2.03. The molecule has 0 amide bonds. The lowest BCUT2D eigenvalue weighted by molar-refractivity contribution is 0.107. The predicted molar refractivity (Wildman–Crippen MR) is 75.1 cm³/mol. The van der Waals surface area contributed by atoms with Gasteiger partial charge in [0.2, 0.25) is 0 Å². The maximum absolute atomic E-state index is 12.8. The van der Waals surface area contributed by atoms with Gasteiger partial charge in [0.1, 0.15) is 18.2 Å². The zero-order valence-electron chi connectivity index (χ0n) is 9.70. The Morgan fingerprint density at radius 1 is 1.21 bits per heavy atom. The third kappa shape index (κ3) is 3.78. The number of halogens is 3. The highest BCUT2D eigenvalue weighted by molar-refractivity contribution is 9.10. The number of carbonyl (C=O) groups excluding carboxylic acids is 1. The van der Waals surface area contributed by atoms with Gasteiger partial charge in [0.05, 0.1) is 5.56 Å². The number of rotatable bonds is 4. The average molecular weight is 344 g/mol. The van der Waals surface area contributed by atoms with Crippen molar-refractivity contribution < 1.29 is 13.9 Å². The van der Waals surface area contributed by atoms with Gasteiger partial charge in [-0.1, -0.05) is 28.1 Å². The Hall–Kier alpha value is -1.39. The van der Waals surface area contributed by atoms with Gasteiger partial charge < -0.3 is 4.74 Å². The Morgan fingerprint density at radius 2 is 1.89 bits per heavy atom. The Kier molecular flexibility index (Phi) is 4.56. The molecular weight excluding hydrogens is 335 g/mol. The third-order valence-electron chi connectivity index (χ3n) is 2.46. The van der Waals surface area contributed by atoms with Gasteiger partial charge in [-0.05, 0) is 47.5 Å². The summed E-state index contributed by atoms with van der Waals surface area (Å²) in [5, 5.41) is -0.588. The van der Waals surface area contributed by atoms with Crippen LogP contribution < -0.4 is 4.74 Å². The molecule has 2 nitrogen and oxygen atoms in total. The van der Waals surface area contributed by atoms with Crippen LogP contribution in [-0.2, 0) is 6.61 Å². The number of benzene rings is 2. The molecule has 0 aliphatic carbocycles. The lowest BCUT2D eigenvalue weighted by atomic mass is 10.2. The zero-order chi connectivity index (χ0) is 13.8. The molecule has 0 heterocycles. The van der Waals surface area contributed by atoms with E-state index >= 15 is 0 Å². The minimum Gasteiger partial charge on any atom is -0.488 e. The third-order valence-corrected chi connectivity index (χ3v) is 3.16. The van der Waals surface area contributed by atoms with E-state index in [1.165, 1.54) is 12.1 Å². The van der Waals surface area contributed by atoms with Crippen molar-refractivity contribution in [2.45, 2.75) is 6.61 Å². The molecule has 0 saturated carbocycles. The first kappa shape index (κ1) is 14.0. The average Bonchev–Trinajstić information content (AvgIpc) is 2.39. The Balaban J connectivity index is 2.15. The lowest BCUT2D eigenvalue weighted by Crippen LogP contribution is -2.00. The molecule has 2 rings (SSSR count). The smallest absolute Gasteiger partial charge is 0.256 e. The second kappa shape index (κ2) is 6.17. The first-order valence-corrected chi connectivity index (χ1v) is 6.60. The zero-order valence-corrected chi connectivity index (χ0v) is 12.0. The highest BCUT2D eigenvalue weighted by atomic mass is 79.9. The molecule has 0 radical (unpaired) electrons. The summed E-state index contributed by atoms with van der Waals surface area (Å²) in [5.41, 5.74) is 1.09. The molecule has 19 heavy (non-hydrogen) atoms. The van der Waals surface area contributed by atoms with E-state index in [1.807, 2.05) is 0 Å². The largest absolute Gasteiger partial charge is 0.488 e. The number of hydrogen-bond donors (Lipinski definition) is 0. The van der Waals surface area contributed by atoms with E-state index < -0.39 is 5.24 Å². The SMILES string of the molecule is O=C(Cl)c1cc(Br)ccc1OCc1ccc(F)cc1. The summed E-state index contributed by atoms with van der Waals surface area (Å²) in [4.78, 5) is 11.3. The highest BCUT2D eigenvalue weighted by Gasteiger charge is 2.11. The normalized spacial score (nSPS) is 10.3. The van der Waals surface area contributed by atoms with Crippen LogP contribution in [0.4, 0.5) is 4.39 Å². The topological polar surface area (TPSA) is 26.3 Å². The molecule has 2 aromatic carbocycles. The Labute approximate surface area is 123 Å². The van der Waals surface area contributed by atoms with Crippen molar-refractivity contribution in [3.63, 3.8) is 0 Å². The van der Waals surface area contributed by atoms with Crippen LogP contribution >= 0.6 is 27.5 Å². The fraction of sp³-hybridized carbons (Fsp3) is 0.0714. The molecule has 98 valence electrons. The lowest BCUT2D eigenvalue weighted by Gasteiger charge is -2.09.